The summed E-state index contributed by atoms with van der Waals surface area (Å²) in [6.07, 6.45) is 0.735. The van der Waals surface area contributed by atoms with Crippen molar-refractivity contribution in [1.29, 1.82) is 0 Å². The maximum Gasteiger partial charge on any atom is 0.243 e. The second-order valence-corrected chi connectivity index (χ2v) is 9.89. The molecule has 0 amide bonds. The number of piperazine rings is 1. The van der Waals surface area contributed by atoms with E-state index >= 15 is 0 Å². The lowest BCUT2D eigenvalue weighted by molar-refractivity contribution is 0.171. The van der Waals surface area contributed by atoms with Crippen molar-refractivity contribution in [3.05, 3.63) is 28.8 Å². The Balaban J connectivity index is 2.23. The van der Waals surface area contributed by atoms with Crippen molar-refractivity contribution < 1.29 is 13.5 Å². The molecule has 2 rings (SSSR count). The summed E-state index contributed by atoms with van der Waals surface area (Å²) < 4.78 is 28.0. The Hall–Kier alpha value is -0.950. The van der Waals surface area contributed by atoms with Crippen LogP contribution < -0.4 is 0 Å². The minimum atomic E-state index is -3.47. The van der Waals surface area contributed by atoms with Gasteiger partial charge in [-0.15, -0.1) is 0 Å². The van der Waals surface area contributed by atoms with Crippen molar-refractivity contribution in [3.63, 3.8) is 0 Å². The van der Waals surface area contributed by atoms with Crippen LogP contribution in [0.15, 0.2) is 17.0 Å². The van der Waals surface area contributed by atoms with Crippen LogP contribution in [0, 0.1) is 13.8 Å². The van der Waals surface area contributed by atoms with Crippen LogP contribution >= 0.6 is 0 Å². The van der Waals surface area contributed by atoms with Crippen LogP contribution in [-0.4, -0.2) is 62.1 Å². The molecule has 0 unspecified atom stereocenters. The summed E-state index contributed by atoms with van der Waals surface area (Å²) in [5.74, 6) is 0. The van der Waals surface area contributed by atoms with Crippen molar-refractivity contribution in [1.82, 2.24) is 9.21 Å². The molecule has 25 heavy (non-hydrogen) atoms. The lowest BCUT2D eigenvalue weighted by Crippen LogP contribution is -2.49. The van der Waals surface area contributed by atoms with E-state index in [0.717, 1.165) is 42.7 Å². The monoisotopic (exact) mass is 368 g/mol. The molecule has 1 aromatic rings. The summed E-state index contributed by atoms with van der Waals surface area (Å²) in [5, 5.41) is 8.93. The predicted molar refractivity (Wildman–Crippen MR) is 102 cm³/mol. The van der Waals surface area contributed by atoms with Gasteiger partial charge in [0.1, 0.15) is 0 Å². The summed E-state index contributed by atoms with van der Waals surface area (Å²) in [6.45, 7) is 13.7. The van der Waals surface area contributed by atoms with Gasteiger partial charge in [0.15, 0.2) is 0 Å². The van der Waals surface area contributed by atoms with E-state index in [1.165, 1.54) is 0 Å². The first-order valence-corrected chi connectivity index (χ1v) is 10.5. The molecule has 1 aliphatic rings. The maximum atomic E-state index is 13.2. The molecule has 1 saturated heterocycles. The average Bonchev–Trinajstić information content (AvgIpc) is 2.51. The smallest absolute Gasteiger partial charge is 0.243 e. The molecule has 6 heteroatoms. The third-order valence-electron chi connectivity index (χ3n) is 4.89. The zero-order valence-electron chi connectivity index (χ0n) is 16.2. The van der Waals surface area contributed by atoms with E-state index in [-0.39, 0.29) is 12.0 Å². The number of hydrogen-bond acceptors (Lipinski definition) is 4. The van der Waals surface area contributed by atoms with E-state index < -0.39 is 10.0 Å². The molecule has 0 atom stereocenters. The molecule has 0 radical (unpaired) electrons. The molecule has 142 valence electrons. The molecule has 1 aromatic carbocycles. The Bertz CT molecular complexity index is 677. The number of sulfonamides is 1. The van der Waals surface area contributed by atoms with Crippen LogP contribution in [0.1, 0.15) is 43.9 Å². The molecular formula is C19H32N2O3S. The lowest BCUT2D eigenvalue weighted by atomic mass is 9.85. The first-order chi connectivity index (χ1) is 11.6. The topological polar surface area (TPSA) is 60.9 Å². The highest BCUT2D eigenvalue weighted by Gasteiger charge is 2.31. The number of benzene rings is 1. The van der Waals surface area contributed by atoms with E-state index in [9.17, 15) is 8.42 Å². The summed E-state index contributed by atoms with van der Waals surface area (Å²) in [7, 11) is -3.47. The van der Waals surface area contributed by atoms with Crippen molar-refractivity contribution in [3.8, 4) is 0 Å². The Morgan fingerprint density at radius 3 is 2.00 bits per heavy atom. The highest BCUT2D eigenvalue weighted by atomic mass is 32.2. The minimum Gasteiger partial charge on any atom is -0.396 e. The van der Waals surface area contributed by atoms with E-state index in [0.29, 0.717) is 18.0 Å². The van der Waals surface area contributed by atoms with Gasteiger partial charge in [-0.3, -0.25) is 0 Å². The third-order valence-corrected chi connectivity index (χ3v) is 7.09. The highest BCUT2D eigenvalue weighted by molar-refractivity contribution is 7.89. The average molecular weight is 369 g/mol. The fourth-order valence-electron chi connectivity index (χ4n) is 3.41. The second-order valence-electron chi connectivity index (χ2n) is 8.01. The predicted octanol–water partition coefficient (Wildman–Crippen LogP) is 2.29. The Morgan fingerprint density at radius 1 is 1.04 bits per heavy atom. The van der Waals surface area contributed by atoms with E-state index in [1.807, 2.05) is 26.0 Å². The number of rotatable bonds is 5. The second kappa shape index (κ2) is 7.74. The van der Waals surface area contributed by atoms with Gasteiger partial charge in [-0.1, -0.05) is 32.9 Å². The summed E-state index contributed by atoms with van der Waals surface area (Å²) in [6, 6.07) is 4.02. The van der Waals surface area contributed by atoms with Crippen molar-refractivity contribution in [2.24, 2.45) is 0 Å². The standard InChI is InChI=1S/C19H32N2O3S/c1-15-13-17(19(3,4)5)14-16(2)18(15)25(23,24)21-10-8-20(9-11-21)7-6-12-22/h13-14,22H,6-12H2,1-5H3. The SMILES string of the molecule is Cc1cc(C(C)(C)C)cc(C)c1S(=O)(=O)N1CCN(CCCO)CC1. The molecule has 1 aliphatic heterocycles. The zero-order valence-corrected chi connectivity index (χ0v) is 17.0. The molecule has 0 bridgehead atoms. The first-order valence-electron chi connectivity index (χ1n) is 9.02. The van der Waals surface area contributed by atoms with Gasteiger partial charge in [0.2, 0.25) is 10.0 Å². The molecule has 1 fully saturated rings. The third kappa shape index (κ3) is 4.61. The Morgan fingerprint density at radius 2 is 1.56 bits per heavy atom. The zero-order chi connectivity index (χ0) is 18.8. The minimum absolute atomic E-state index is 0.00383. The van der Waals surface area contributed by atoms with Gasteiger partial charge in [0, 0.05) is 39.3 Å². The van der Waals surface area contributed by atoms with Crippen LogP contribution in [0.25, 0.3) is 0 Å². The van der Waals surface area contributed by atoms with E-state index in [1.54, 1.807) is 4.31 Å². The van der Waals surface area contributed by atoms with Crippen LogP contribution in [0.2, 0.25) is 0 Å². The molecule has 0 aromatic heterocycles. The summed E-state index contributed by atoms with van der Waals surface area (Å²) >= 11 is 0. The summed E-state index contributed by atoms with van der Waals surface area (Å²) in [4.78, 5) is 2.68. The lowest BCUT2D eigenvalue weighted by Gasteiger charge is -2.34. The van der Waals surface area contributed by atoms with Crippen LogP contribution in [0.3, 0.4) is 0 Å². The number of nitrogens with zero attached hydrogens (tertiary/aromatic N) is 2. The molecule has 1 heterocycles. The van der Waals surface area contributed by atoms with Crippen LogP contribution in [0.5, 0.6) is 0 Å². The Labute approximate surface area is 152 Å². The van der Waals surface area contributed by atoms with E-state index in [2.05, 4.69) is 25.7 Å². The number of aliphatic hydroxyl groups is 1. The fourth-order valence-corrected chi connectivity index (χ4v) is 5.24. The van der Waals surface area contributed by atoms with Gasteiger partial charge in [-0.25, -0.2) is 8.42 Å². The largest absolute Gasteiger partial charge is 0.396 e. The van der Waals surface area contributed by atoms with Gasteiger partial charge in [-0.2, -0.15) is 4.31 Å². The number of aryl methyl sites for hydroxylation is 2. The van der Waals surface area contributed by atoms with Crippen LogP contribution in [-0.2, 0) is 15.4 Å². The molecular weight excluding hydrogens is 336 g/mol. The fraction of sp³-hybridized carbons (Fsp3) is 0.684. The van der Waals surface area contributed by atoms with Gasteiger partial charge in [0.25, 0.3) is 0 Å². The van der Waals surface area contributed by atoms with Crippen molar-refractivity contribution >= 4 is 10.0 Å². The van der Waals surface area contributed by atoms with Crippen LogP contribution in [0.4, 0.5) is 0 Å². The normalized spacial score (nSPS) is 17.8. The molecule has 1 N–H and O–H groups in total. The van der Waals surface area contributed by atoms with Gasteiger partial charge >= 0.3 is 0 Å². The van der Waals surface area contributed by atoms with Gasteiger partial charge < -0.3 is 10.0 Å². The van der Waals surface area contributed by atoms with Gasteiger partial charge in [-0.05, 0) is 42.4 Å². The molecule has 0 saturated carbocycles. The Kier molecular flexibility index (Phi) is 6.30. The molecule has 0 spiro atoms. The maximum absolute atomic E-state index is 13.2. The van der Waals surface area contributed by atoms with Crippen molar-refractivity contribution in [2.75, 3.05) is 39.3 Å². The number of aliphatic hydroxyl groups excluding tert-OH is 1. The molecule has 5 nitrogen and oxygen atoms in total. The van der Waals surface area contributed by atoms with Gasteiger partial charge in [0.05, 0.1) is 4.90 Å². The summed E-state index contributed by atoms with van der Waals surface area (Å²) in [5.41, 5.74) is 2.81. The highest BCUT2D eigenvalue weighted by Crippen LogP contribution is 2.31. The first kappa shape index (κ1) is 20.4. The quantitative estimate of drug-likeness (QED) is 0.866. The number of hydrogen-bond donors (Lipinski definition) is 1. The molecule has 0 aliphatic carbocycles. The van der Waals surface area contributed by atoms with E-state index in [4.69, 9.17) is 5.11 Å². The van der Waals surface area contributed by atoms with Crippen molar-refractivity contribution in [2.45, 2.75) is 51.3 Å².